The van der Waals surface area contributed by atoms with E-state index in [9.17, 15) is 29.3 Å². The van der Waals surface area contributed by atoms with Crippen LogP contribution in [0.3, 0.4) is 0 Å². The highest BCUT2D eigenvalue weighted by Crippen LogP contribution is 2.15. The van der Waals surface area contributed by atoms with Crippen molar-refractivity contribution in [2.45, 2.75) is 206 Å². The maximum Gasteiger partial charge on any atom is 0.408 e. The molecule has 0 amide bonds. The van der Waals surface area contributed by atoms with E-state index in [1.165, 1.54) is 103 Å². The van der Waals surface area contributed by atoms with Crippen LogP contribution in [0, 0.1) is 0 Å². The molecule has 9 nitrogen and oxygen atoms in total. The second-order valence-corrected chi connectivity index (χ2v) is 14.6. The summed E-state index contributed by atoms with van der Waals surface area (Å²) < 4.78 is 15.0. The number of carbonyl (C=O) groups is 2. The number of nitrogens with two attached hydrogens (primary N) is 1. The van der Waals surface area contributed by atoms with E-state index in [4.69, 9.17) is 10.5 Å². The molecular formula is C41H79N2O7P. The predicted octanol–water partition coefficient (Wildman–Crippen LogP) is 9.45. The minimum Gasteiger partial charge on any atom is -0.578 e. The molecule has 300 valence electrons. The lowest BCUT2D eigenvalue weighted by molar-refractivity contribution is -0.167. The largest absolute Gasteiger partial charge is 0.578 e. The third-order valence-electron chi connectivity index (χ3n) is 8.83. The number of carbonyl (C=O) groups excluding carboxylic acids is 2. The Kier molecular flexibility index (Phi) is 43.5. The van der Waals surface area contributed by atoms with Crippen LogP contribution in [-0.2, 0) is 18.9 Å². The van der Waals surface area contributed by atoms with Crippen molar-refractivity contribution in [3.8, 4) is 0 Å². The first kappa shape index (κ1) is 51.6. The molecular weight excluding hydrogens is 663 g/mol. The van der Waals surface area contributed by atoms with E-state index in [-0.39, 0.29) is 18.6 Å². The minimum atomic E-state index is -2.44. The second-order valence-electron chi connectivity index (χ2n) is 13.7. The van der Waals surface area contributed by atoms with Gasteiger partial charge in [0.2, 0.25) is 0 Å². The molecule has 0 aromatic carbocycles. The maximum atomic E-state index is 12.7. The van der Waals surface area contributed by atoms with Crippen LogP contribution < -0.4 is 15.7 Å². The standard InChI is InChI=1S/C39H72O5.C2H7N2O2P/c1-3-5-7-9-11-13-15-17-19-21-23-25-27-29-31-33-36(41)39(37(42)35-40)44-38(43)34-32-30-28-26-24-22-20-18-16-14-12-10-8-6-4-2;3-1-2-4-7(5)6/h17-20,37,39-40,42H,3-16,21-35H2,1-2H3;1-3H2,(H,4,5,6)/b19-17-,20-18-;. The molecule has 0 heterocycles. The van der Waals surface area contributed by atoms with Gasteiger partial charge in [0, 0.05) is 19.4 Å². The molecule has 0 saturated carbocycles. The molecule has 10 heteroatoms. The van der Waals surface area contributed by atoms with Crippen molar-refractivity contribution in [2.75, 3.05) is 19.7 Å². The third kappa shape index (κ3) is 41.1. The Bertz CT molecular complexity index is 841. The van der Waals surface area contributed by atoms with Gasteiger partial charge in [-0.1, -0.05) is 145 Å². The fourth-order valence-corrected chi connectivity index (χ4v) is 5.97. The highest BCUT2D eigenvalue weighted by atomic mass is 31.1. The number of hydrogen-bond donors (Lipinski definition) is 4. The average Bonchev–Trinajstić information content (AvgIpc) is 3.12. The van der Waals surface area contributed by atoms with Crippen LogP contribution in [0.1, 0.15) is 194 Å². The van der Waals surface area contributed by atoms with Gasteiger partial charge in [-0.25, -0.2) is 0 Å². The number of ether oxygens (including phenoxy) is 1. The van der Waals surface area contributed by atoms with Crippen LogP contribution in [0.15, 0.2) is 24.3 Å². The number of nitrogens with one attached hydrogen (secondary N) is 1. The number of aliphatic hydroxyl groups is 2. The van der Waals surface area contributed by atoms with Gasteiger partial charge in [0.05, 0.1) is 13.2 Å². The molecule has 3 unspecified atom stereocenters. The maximum absolute atomic E-state index is 12.7. The second kappa shape index (κ2) is 42.9. The molecule has 3 atom stereocenters. The van der Waals surface area contributed by atoms with Crippen LogP contribution in [0.4, 0.5) is 0 Å². The Morgan fingerprint density at radius 2 is 1.04 bits per heavy atom. The van der Waals surface area contributed by atoms with Crippen molar-refractivity contribution in [1.29, 1.82) is 0 Å². The lowest BCUT2D eigenvalue weighted by Gasteiger charge is -2.20. The van der Waals surface area contributed by atoms with Crippen molar-refractivity contribution < 1.29 is 34.0 Å². The number of rotatable bonds is 37. The number of hydrogen-bond acceptors (Lipinski definition) is 8. The van der Waals surface area contributed by atoms with Gasteiger partial charge in [0.1, 0.15) is 6.10 Å². The van der Waals surface area contributed by atoms with Gasteiger partial charge in [-0.3, -0.25) is 9.59 Å². The van der Waals surface area contributed by atoms with Crippen molar-refractivity contribution in [1.82, 2.24) is 5.09 Å². The molecule has 0 aromatic rings. The van der Waals surface area contributed by atoms with Gasteiger partial charge in [-0.2, -0.15) is 0 Å². The van der Waals surface area contributed by atoms with E-state index in [2.05, 4.69) is 43.2 Å². The quantitative estimate of drug-likeness (QED) is 0.0210. The van der Waals surface area contributed by atoms with Gasteiger partial charge in [0.25, 0.3) is 0 Å². The summed E-state index contributed by atoms with van der Waals surface area (Å²) in [5.41, 5.74) is 4.95. The minimum absolute atomic E-state index is 0.244. The molecule has 0 bridgehead atoms. The smallest absolute Gasteiger partial charge is 0.408 e. The Morgan fingerprint density at radius 1 is 0.667 bits per heavy atom. The van der Waals surface area contributed by atoms with E-state index in [1.807, 2.05) is 0 Å². The fourth-order valence-electron chi connectivity index (χ4n) is 5.66. The molecule has 0 spiro atoms. The van der Waals surface area contributed by atoms with Crippen molar-refractivity contribution in [3.63, 3.8) is 0 Å². The van der Waals surface area contributed by atoms with E-state index >= 15 is 0 Å². The van der Waals surface area contributed by atoms with E-state index in [0.29, 0.717) is 19.5 Å². The van der Waals surface area contributed by atoms with Crippen LogP contribution in [0.2, 0.25) is 0 Å². The Balaban J connectivity index is 0. The number of aliphatic hydroxyl groups excluding tert-OH is 2. The zero-order valence-electron chi connectivity index (χ0n) is 32.8. The van der Waals surface area contributed by atoms with Gasteiger partial charge in [-0.15, -0.1) is 5.09 Å². The summed E-state index contributed by atoms with van der Waals surface area (Å²) in [7, 11) is -2.44. The number of esters is 1. The van der Waals surface area contributed by atoms with E-state index < -0.39 is 33.0 Å². The number of allylic oxidation sites excluding steroid dienone is 4. The van der Waals surface area contributed by atoms with Gasteiger partial charge in [-0.05, 0) is 64.2 Å². The SMILES string of the molecule is CCCCCCCC/C=C\CCCCCCCC(=O)OC(C(=O)CCCCCCC/C=C\CCCCCCCC)C(O)CO.NCCN[P+](=O)[O-]. The lowest BCUT2D eigenvalue weighted by Crippen LogP contribution is -2.40. The highest BCUT2D eigenvalue weighted by Gasteiger charge is 2.29. The molecule has 0 saturated heterocycles. The lowest BCUT2D eigenvalue weighted by atomic mass is 10.0. The number of ketones is 1. The summed E-state index contributed by atoms with van der Waals surface area (Å²) in [6, 6.07) is 0. The van der Waals surface area contributed by atoms with E-state index in [0.717, 1.165) is 57.8 Å². The van der Waals surface area contributed by atoms with Crippen LogP contribution in [-0.4, -0.2) is 53.9 Å². The zero-order chi connectivity index (χ0) is 38.0. The normalized spacial score (nSPS) is 12.9. The molecule has 0 aliphatic carbocycles. The highest BCUT2D eigenvalue weighted by molar-refractivity contribution is 7.33. The first-order chi connectivity index (χ1) is 24.8. The summed E-state index contributed by atoms with van der Waals surface area (Å²) in [4.78, 5) is 34.6. The molecule has 0 aliphatic heterocycles. The monoisotopic (exact) mass is 743 g/mol. The van der Waals surface area contributed by atoms with Gasteiger partial charge in [0.15, 0.2) is 11.9 Å². The molecule has 0 aromatic heterocycles. The first-order valence-corrected chi connectivity index (χ1v) is 21.9. The zero-order valence-corrected chi connectivity index (χ0v) is 33.7. The molecule has 5 N–H and O–H groups in total. The molecule has 51 heavy (non-hydrogen) atoms. The Hall–Kier alpha value is -1.48. The molecule has 0 aliphatic rings. The molecule has 0 rings (SSSR count). The molecule has 0 fully saturated rings. The fraction of sp³-hybridized carbons (Fsp3) is 0.854. The van der Waals surface area contributed by atoms with Crippen LogP contribution in [0.25, 0.3) is 0 Å². The molecule has 0 radical (unpaired) electrons. The van der Waals surface area contributed by atoms with Crippen LogP contribution in [0.5, 0.6) is 0 Å². The van der Waals surface area contributed by atoms with Gasteiger partial charge < -0.3 is 25.6 Å². The third-order valence-corrected chi connectivity index (χ3v) is 9.31. The van der Waals surface area contributed by atoms with Crippen LogP contribution >= 0.6 is 8.18 Å². The van der Waals surface area contributed by atoms with E-state index in [1.54, 1.807) is 0 Å². The summed E-state index contributed by atoms with van der Waals surface area (Å²) in [5.74, 6) is -0.750. The Morgan fingerprint density at radius 3 is 1.39 bits per heavy atom. The number of Topliss-reactive ketones (excluding diaryl/α,β-unsaturated/α-hetero) is 1. The average molecular weight is 743 g/mol. The van der Waals surface area contributed by atoms with Gasteiger partial charge >= 0.3 is 14.1 Å². The summed E-state index contributed by atoms with van der Waals surface area (Å²) in [6.07, 6.45) is 38.0. The Labute approximate surface area is 314 Å². The summed E-state index contributed by atoms with van der Waals surface area (Å²) >= 11 is 0. The summed E-state index contributed by atoms with van der Waals surface area (Å²) in [5, 5.41) is 21.6. The number of unbranched alkanes of at least 4 members (excludes halogenated alkanes) is 22. The predicted molar refractivity (Wildman–Crippen MR) is 212 cm³/mol. The first-order valence-electron chi connectivity index (χ1n) is 20.7. The van der Waals surface area contributed by atoms with Crippen molar-refractivity contribution in [2.24, 2.45) is 5.73 Å². The van der Waals surface area contributed by atoms with Crippen molar-refractivity contribution >= 4 is 19.9 Å². The topological polar surface area (TPSA) is 162 Å². The summed E-state index contributed by atoms with van der Waals surface area (Å²) in [6.45, 7) is 4.59. The van der Waals surface area contributed by atoms with Crippen molar-refractivity contribution in [3.05, 3.63) is 24.3 Å².